The van der Waals surface area contributed by atoms with E-state index in [4.69, 9.17) is 21.7 Å². The molecule has 1 aliphatic heterocycles. The van der Waals surface area contributed by atoms with Crippen molar-refractivity contribution in [3.63, 3.8) is 0 Å². The topological polar surface area (TPSA) is 91.9 Å². The van der Waals surface area contributed by atoms with Crippen LogP contribution in [0.25, 0.3) is 10.8 Å². The number of esters is 1. The molecule has 36 heavy (non-hydrogen) atoms. The summed E-state index contributed by atoms with van der Waals surface area (Å²) in [5, 5.41) is 11.5. The van der Waals surface area contributed by atoms with Gasteiger partial charge < -0.3 is 30.3 Å². The van der Waals surface area contributed by atoms with Gasteiger partial charge in [0.15, 0.2) is 5.11 Å². The Morgan fingerprint density at radius 1 is 1.00 bits per heavy atom. The molecule has 1 unspecified atom stereocenters. The lowest BCUT2D eigenvalue weighted by molar-refractivity contribution is -0.140. The molecular weight excluding hydrogens is 476 g/mol. The van der Waals surface area contributed by atoms with Crippen LogP contribution in [0.4, 0.5) is 16.2 Å². The number of thiocarbonyl (C=S) groups is 1. The first-order chi connectivity index (χ1) is 17.4. The van der Waals surface area contributed by atoms with Crippen LogP contribution in [0.1, 0.15) is 18.5 Å². The van der Waals surface area contributed by atoms with Gasteiger partial charge in [-0.2, -0.15) is 0 Å². The molecule has 1 atom stereocenters. The largest absolute Gasteiger partial charge is 0.460 e. The van der Waals surface area contributed by atoms with Gasteiger partial charge in [-0.1, -0.05) is 48.5 Å². The third-order valence-electron chi connectivity index (χ3n) is 6.03. The number of rotatable bonds is 7. The summed E-state index contributed by atoms with van der Waals surface area (Å²) in [6.45, 7) is 2.30. The molecule has 0 fully saturated rings. The highest BCUT2D eigenvalue weighted by molar-refractivity contribution is 7.80. The van der Waals surface area contributed by atoms with Crippen molar-refractivity contribution in [3.05, 3.63) is 83.6 Å². The van der Waals surface area contributed by atoms with E-state index in [1.807, 2.05) is 61.5 Å². The zero-order valence-corrected chi connectivity index (χ0v) is 21.1. The van der Waals surface area contributed by atoms with Crippen LogP contribution in [0.3, 0.4) is 0 Å². The molecule has 1 aliphatic rings. The Labute approximate surface area is 215 Å². The molecule has 3 N–H and O–H groups in total. The Morgan fingerprint density at radius 2 is 1.72 bits per heavy atom. The molecule has 4 rings (SSSR count). The average molecular weight is 505 g/mol. The van der Waals surface area contributed by atoms with Crippen LogP contribution >= 0.6 is 12.2 Å². The number of methoxy groups -OCH3 is 1. The van der Waals surface area contributed by atoms with E-state index in [9.17, 15) is 9.59 Å². The smallest absolute Gasteiger partial charge is 0.338 e. The zero-order valence-electron chi connectivity index (χ0n) is 20.3. The molecule has 2 amide bonds. The van der Waals surface area contributed by atoms with Crippen molar-refractivity contribution in [3.8, 4) is 0 Å². The molecule has 0 saturated heterocycles. The lowest BCUT2D eigenvalue weighted by Gasteiger charge is -2.35. The van der Waals surface area contributed by atoms with Crippen LogP contribution in [0.15, 0.2) is 78.0 Å². The number of allylic oxidation sites excluding steroid dienone is 1. The summed E-state index contributed by atoms with van der Waals surface area (Å²) >= 11 is 5.45. The van der Waals surface area contributed by atoms with Gasteiger partial charge in [0.1, 0.15) is 6.61 Å². The Bertz CT molecular complexity index is 1320. The molecule has 0 spiro atoms. The fourth-order valence-electron chi connectivity index (χ4n) is 4.02. The second-order valence-corrected chi connectivity index (χ2v) is 8.68. The van der Waals surface area contributed by atoms with Crippen LogP contribution in [0, 0.1) is 0 Å². The fourth-order valence-corrected chi connectivity index (χ4v) is 4.28. The Balaban J connectivity index is 1.49. The van der Waals surface area contributed by atoms with Gasteiger partial charge in [0, 0.05) is 30.9 Å². The maximum atomic E-state index is 12.9. The molecule has 9 heteroatoms. The quantitative estimate of drug-likeness (QED) is 0.242. The van der Waals surface area contributed by atoms with Gasteiger partial charge in [0.25, 0.3) is 0 Å². The van der Waals surface area contributed by atoms with E-state index in [-0.39, 0.29) is 12.6 Å². The molecule has 3 aromatic rings. The number of fused-ring (bicyclic) bond motifs is 1. The Kier molecular flexibility index (Phi) is 7.82. The van der Waals surface area contributed by atoms with E-state index in [2.05, 4.69) is 16.0 Å². The number of nitrogens with zero attached hydrogens (tertiary/aromatic N) is 1. The Morgan fingerprint density at radius 3 is 2.47 bits per heavy atom. The summed E-state index contributed by atoms with van der Waals surface area (Å²) < 4.78 is 10.4. The zero-order chi connectivity index (χ0) is 25.7. The van der Waals surface area contributed by atoms with E-state index in [1.165, 1.54) is 0 Å². The minimum absolute atomic E-state index is 0.154. The lowest BCUT2D eigenvalue weighted by Crippen LogP contribution is -2.46. The average Bonchev–Trinajstić information content (AvgIpc) is 2.88. The van der Waals surface area contributed by atoms with Crippen LogP contribution in [0.5, 0.6) is 0 Å². The summed E-state index contributed by atoms with van der Waals surface area (Å²) in [4.78, 5) is 27.3. The SMILES string of the molecule is COCCOC(=O)C1=C(C)N(C)C(=S)NC1c1ccc(NC(=O)Nc2cccc3ccccc23)cc1. The number of hydrogen-bond acceptors (Lipinski definition) is 5. The monoisotopic (exact) mass is 504 g/mol. The minimum Gasteiger partial charge on any atom is -0.460 e. The maximum Gasteiger partial charge on any atom is 0.338 e. The van der Waals surface area contributed by atoms with Gasteiger partial charge in [-0.3, -0.25) is 0 Å². The second kappa shape index (κ2) is 11.2. The molecule has 3 aromatic carbocycles. The molecule has 0 aliphatic carbocycles. The standard InChI is InChI=1S/C27H28N4O4S/c1-17-23(25(32)35-16-15-34-3)24(30-27(36)31(17)2)19-11-13-20(14-12-19)28-26(33)29-22-10-6-8-18-7-4-5-9-21(18)22/h4-14,24H,15-16H2,1-3H3,(H,30,36)(H2,28,29,33). The second-order valence-electron chi connectivity index (χ2n) is 8.30. The van der Waals surface area contributed by atoms with Crippen molar-refractivity contribution in [2.45, 2.75) is 13.0 Å². The molecule has 8 nitrogen and oxygen atoms in total. The maximum absolute atomic E-state index is 12.9. The van der Waals surface area contributed by atoms with Gasteiger partial charge in [-0.05, 0) is 48.3 Å². The van der Waals surface area contributed by atoms with Crippen molar-refractivity contribution in [1.82, 2.24) is 10.2 Å². The summed E-state index contributed by atoms with van der Waals surface area (Å²) in [5.41, 5.74) is 3.32. The van der Waals surface area contributed by atoms with E-state index in [0.717, 1.165) is 22.0 Å². The first kappa shape index (κ1) is 25.2. The number of anilines is 2. The summed E-state index contributed by atoms with van der Waals surface area (Å²) in [6.07, 6.45) is 0. The number of benzene rings is 3. The van der Waals surface area contributed by atoms with Gasteiger partial charge in [-0.25, -0.2) is 9.59 Å². The third kappa shape index (κ3) is 5.48. The summed E-state index contributed by atoms with van der Waals surface area (Å²) in [5.74, 6) is -0.437. The van der Waals surface area contributed by atoms with Gasteiger partial charge >= 0.3 is 12.0 Å². The van der Waals surface area contributed by atoms with Crippen LogP contribution in [-0.4, -0.2) is 49.4 Å². The number of nitrogens with one attached hydrogen (secondary N) is 3. The van der Waals surface area contributed by atoms with Crippen molar-refractivity contribution >= 4 is 51.5 Å². The Hall–Kier alpha value is -3.95. The van der Waals surface area contributed by atoms with Crippen molar-refractivity contribution in [2.24, 2.45) is 0 Å². The molecule has 1 heterocycles. The number of hydrogen-bond donors (Lipinski definition) is 3. The predicted molar refractivity (Wildman–Crippen MR) is 145 cm³/mol. The van der Waals surface area contributed by atoms with Crippen LogP contribution in [-0.2, 0) is 14.3 Å². The molecular formula is C27H28N4O4S. The number of amides is 2. The highest BCUT2D eigenvalue weighted by atomic mass is 32.1. The van der Waals surface area contributed by atoms with E-state index in [0.29, 0.717) is 28.7 Å². The lowest BCUT2D eigenvalue weighted by atomic mass is 9.95. The van der Waals surface area contributed by atoms with Gasteiger partial charge in [-0.15, -0.1) is 0 Å². The molecule has 186 valence electrons. The highest BCUT2D eigenvalue weighted by Gasteiger charge is 2.33. The number of urea groups is 1. The van der Waals surface area contributed by atoms with E-state index >= 15 is 0 Å². The number of carbonyl (C=O) groups excluding carboxylic acids is 2. The van der Waals surface area contributed by atoms with Gasteiger partial charge in [0.2, 0.25) is 0 Å². The third-order valence-corrected chi connectivity index (χ3v) is 6.43. The first-order valence-electron chi connectivity index (χ1n) is 11.5. The van der Waals surface area contributed by atoms with Crippen LogP contribution in [0.2, 0.25) is 0 Å². The number of carbonyl (C=O) groups is 2. The fraction of sp³-hybridized carbons (Fsp3) is 0.222. The number of ether oxygens (including phenoxy) is 2. The normalized spacial score (nSPS) is 15.5. The van der Waals surface area contributed by atoms with Crippen LogP contribution < -0.4 is 16.0 Å². The molecule has 0 radical (unpaired) electrons. The van der Waals surface area contributed by atoms with E-state index < -0.39 is 12.0 Å². The van der Waals surface area contributed by atoms with Crippen molar-refractivity contribution < 1.29 is 19.1 Å². The predicted octanol–water partition coefficient (Wildman–Crippen LogP) is 4.81. The molecule has 0 saturated carbocycles. The van der Waals surface area contributed by atoms with Crippen molar-refractivity contribution in [2.75, 3.05) is 38.0 Å². The molecule has 0 aromatic heterocycles. The minimum atomic E-state index is -0.484. The summed E-state index contributed by atoms with van der Waals surface area (Å²) in [6, 6.07) is 20.0. The summed E-state index contributed by atoms with van der Waals surface area (Å²) in [7, 11) is 3.35. The molecule has 0 bridgehead atoms. The van der Waals surface area contributed by atoms with Gasteiger partial charge in [0.05, 0.1) is 23.9 Å². The van der Waals surface area contributed by atoms with Crippen molar-refractivity contribution in [1.29, 1.82) is 0 Å². The van der Waals surface area contributed by atoms with E-state index in [1.54, 1.807) is 31.2 Å². The first-order valence-corrected chi connectivity index (χ1v) is 11.9. The highest BCUT2D eigenvalue weighted by Crippen LogP contribution is 2.31.